The monoisotopic (exact) mass is 287 g/mol. The molecule has 0 aliphatic heterocycles. The fraction of sp³-hybridized carbons (Fsp3) is 0.500. The number of hydrogen-bond donors (Lipinski definition) is 3. The Morgan fingerprint density at radius 3 is 2.69 bits per heavy atom. The quantitative estimate of drug-likeness (QED) is 0.779. The van der Waals surface area contributed by atoms with Gasteiger partial charge < -0.3 is 15.5 Å². The van der Waals surface area contributed by atoms with Gasteiger partial charge in [-0.05, 0) is 34.8 Å². The van der Waals surface area contributed by atoms with Gasteiger partial charge in [-0.2, -0.15) is 0 Å². The third-order valence-electron chi connectivity index (χ3n) is 2.83. The third-order valence-corrected chi connectivity index (χ3v) is 3.47. The Hall–Kier alpha value is -0.580. The van der Waals surface area contributed by atoms with Gasteiger partial charge in [0.15, 0.2) is 0 Å². The van der Waals surface area contributed by atoms with Crippen LogP contribution in [0.1, 0.15) is 19.4 Å². The molecule has 0 heterocycles. The number of phenols is 1. The van der Waals surface area contributed by atoms with E-state index in [1.54, 1.807) is 6.07 Å². The number of rotatable bonds is 5. The number of halogens is 1. The lowest BCUT2D eigenvalue weighted by Gasteiger charge is -2.19. The molecule has 0 amide bonds. The first-order valence-corrected chi connectivity index (χ1v) is 6.16. The summed E-state index contributed by atoms with van der Waals surface area (Å²) in [5, 5.41) is 22.1. The molecule has 0 radical (unpaired) electrons. The Balaban J connectivity index is 2.58. The van der Waals surface area contributed by atoms with Crippen LogP contribution in [0.4, 0.5) is 0 Å². The second-order valence-corrected chi connectivity index (χ2v) is 4.93. The molecule has 2 unspecified atom stereocenters. The number of aliphatic hydroxyl groups excluding tert-OH is 1. The van der Waals surface area contributed by atoms with Crippen LogP contribution in [0.5, 0.6) is 5.75 Å². The predicted molar refractivity (Wildman–Crippen MR) is 68.4 cm³/mol. The van der Waals surface area contributed by atoms with E-state index in [2.05, 4.69) is 21.2 Å². The van der Waals surface area contributed by atoms with E-state index in [-0.39, 0.29) is 24.3 Å². The van der Waals surface area contributed by atoms with E-state index in [1.807, 2.05) is 26.0 Å². The van der Waals surface area contributed by atoms with Crippen molar-refractivity contribution < 1.29 is 10.2 Å². The third kappa shape index (κ3) is 3.47. The lowest BCUT2D eigenvalue weighted by Crippen LogP contribution is -2.33. The number of phenolic OH excluding ortho intramolecular Hbond substituents is 1. The summed E-state index contributed by atoms with van der Waals surface area (Å²) in [4.78, 5) is 0. The van der Waals surface area contributed by atoms with Gasteiger partial charge in [-0.15, -0.1) is 0 Å². The van der Waals surface area contributed by atoms with Crippen molar-refractivity contribution in [2.24, 2.45) is 5.92 Å². The zero-order chi connectivity index (χ0) is 12.1. The molecule has 3 N–H and O–H groups in total. The van der Waals surface area contributed by atoms with Crippen molar-refractivity contribution in [1.82, 2.24) is 5.32 Å². The highest BCUT2D eigenvalue weighted by molar-refractivity contribution is 9.10. The minimum atomic E-state index is 0.165. The molecule has 16 heavy (non-hydrogen) atoms. The van der Waals surface area contributed by atoms with E-state index < -0.39 is 0 Å². The van der Waals surface area contributed by atoms with Crippen LogP contribution in [0.15, 0.2) is 22.7 Å². The van der Waals surface area contributed by atoms with Crippen molar-refractivity contribution in [3.8, 4) is 5.75 Å². The molecule has 0 spiro atoms. The maximum absolute atomic E-state index is 9.77. The van der Waals surface area contributed by atoms with Crippen LogP contribution in [0.2, 0.25) is 0 Å². The zero-order valence-electron chi connectivity index (χ0n) is 9.57. The number of para-hydroxylation sites is 1. The second-order valence-electron chi connectivity index (χ2n) is 4.08. The van der Waals surface area contributed by atoms with E-state index in [0.717, 1.165) is 5.56 Å². The summed E-state index contributed by atoms with van der Waals surface area (Å²) in [5.74, 6) is 0.480. The number of aliphatic hydroxyl groups is 1. The molecule has 4 heteroatoms. The van der Waals surface area contributed by atoms with Crippen molar-refractivity contribution in [2.45, 2.75) is 26.4 Å². The van der Waals surface area contributed by atoms with E-state index in [0.29, 0.717) is 11.0 Å². The molecule has 0 aliphatic rings. The predicted octanol–water partition coefficient (Wildman–Crippen LogP) is 2.26. The normalized spacial score (nSPS) is 14.8. The van der Waals surface area contributed by atoms with Crippen LogP contribution in [0, 0.1) is 5.92 Å². The number of aromatic hydroxyl groups is 1. The molecule has 1 aromatic carbocycles. The van der Waals surface area contributed by atoms with Gasteiger partial charge in [0.2, 0.25) is 0 Å². The van der Waals surface area contributed by atoms with Gasteiger partial charge in [0.1, 0.15) is 5.75 Å². The van der Waals surface area contributed by atoms with Gasteiger partial charge >= 0.3 is 0 Å². The van der Waals surface area contributed by atoms with Crippen LogP contribution in [0.3, 0.4) is 0 Å². The summed E-state index contributed by atoms with van der Waals surface area (Å²) in [6.45, 7) is 4.77. The molecule has 2 atom stereocenters. The average molecular weight is 288 g/mol. The molecule has 1 aromatic rings. The first-order valence-electron chi connectivity index (χ1n) is 5.36. The van der Waals surface area contributed by atoms with Crippen LogP contribution in [0.25, 0.3) is 0 Å². The zero-order valence-corrected chi connectivity index (χ0v) is 11.2. The highest BCUT2D eigenvalue weighted by Gasteiger charge is 2.11. The Kier molecular flexibility index (Phi) is 5.25. The second kappa shape index (κ2) is 6.23. The lowest BCUT2D eigenvalue weighted by atomic mass is 10.0. The Labute approximate surface area is 105 Å². The topological polar surface area (TPSA) is 52.5 Å². The van der Waals surface area contributed by atoms with Crippen LogP contribution < -0.4 is 5.32 Å². The van der Waals surface area contributed by atoms with Crippen molar-refractivity contribution in [3.63, 3.8) is 0 Å². The summed E-state index contributed by atoms with van der Waals surface area (Å²) in [7, 11) is 0. The first kappa shape index (κ1) is 13.5. The summed E-state index contributed by atoms with van der Waals surface area (Å²) < 4.78 is 0.703. The lowest BCUT2D eigenvalue weighted by molar-refractivity contribution is 0.207. The van der Waals surface area contributed by atoms with Gasteiger partial charge in [0.25, 0.3) is 0 Å². The minimum absolute atomic E-state index is 0.165. The molecule has 1 rings (SSSR count). The number of hydrogen-bond acceptors (Lipinski definition) is 3. The van der Waals surface area contributed by atoms with Gasteiger partial charge in [-0.1, -0.05) is 19.1 Å². The number of nitrogens with one attached hydrogen (secondary N) is 1. The fourth-order valence-electron chi connectivity index (χ4n) is 1.33. The standard InChI is InChI=1S/C12H18BrNO2/c1-8(7-15)9(2)14-6-10-4-3-5-11(13)12(10)16/h3-5,8-9,14-16H,6-7H2,1-2H3. The highest BCUT2D eigenvalue weighted by Crippen LogP contribution is 2.27. The molecule has 0 saturated heterocycles. The molecule has 90 valence electrons. The maximum Gasteiger partial charge on any atom is 0.134 e. The molecule has 0 aliphatic carbocycles. The fourth-order valence-corrected chi connectivity index (χ4v) is 1.74. The van der Waals surface area contributed by atoms with E-state index in [4.69, 9.17) is 5.11 Å². The van der Waals surface area contributed by atoms with Crippen molar-refractivity contribution >= 4 is 15.9 Å². The molecule has 0 aromatic heterocycles. The molecular formula is C12H18BrNO2. The number of benzene rings is 1. The maximum atomic E-state index is 9.77. The summed E-state index contributed by atoms with van der Waals surface area (Å²) in [6.07, 6.45) is 0. The Bertz CT molecular complexity index is 344. The van der Waals surface area contributed by atoms with Crippen LogP contribution in [-0.2, 0) is 6.54 Å². The highest BCUT2D eigenvalue weighted by atomic mass is 79.9. The van der Waals surface area contributed by atoms with E-state index >= 15 is 0 Å². The summed E-state index contributed by atoms with van der Waals surface area (Å²) in [5.41, 5.74) is 0.853. The largest absolute Gasteiger partial charge is 0.506 e. The van der Waals surface area contributed by atoms with Crippen LogP contribution >= 0.6 is 15.9 Å². The smallest absolute Gasteiger partial charge is 0.134 e. The van der Waals surface area contributed by atoms with Crippen LogP contribution in [-0.4, -0.2) is 22.9 Å². The average Bonchev–Trinajstić information content (AvgIpc) is 2.29. The summed E-state index contributed by atoms with van der Waals surface area (Å²) >= 11 is 3.28. The van der Waals surface area contributed by atoms with E-state index in [1.165, 1.54) is 0 Å². The Morgan fingerprint density at radius 2 is 2.06 bits per heavy atom. The van der Waals surface area contributed by atoms with Crippen molar-refractivity contribution in [3.05, 3.63) is 28.2 Å². The molecular weight excluding hydrogens is 270 g/mol. The molecule has 3 nitrogen and oxygen atoms in total. The van der Waals surface area contributed by atoms with Gasteiger partial charge in [0.05, 0.1) is 4.47 Å². The van der Waals surface area contributed by atoms with E-state index in [9.17, 15) is 5.11 Å². The molecule has 0 fully saturated rings. The van der Waals surface area contributed by atoms with Gasteiger partial charge in [0, 0.05) is 24.8 Å². The first-order chi connectivity index (χ1) is 7.56. The summed E-state index contributed by atoms with van der Waals surface area (Å²) in [6, 6.07) is 5.78. The molecule has 0 saturated carbocycles. The minimum Gasteiger partial charge on any atom is -0.506 e. The Morgan fingerprint density at radius 1 is 1.38 bits per heavy atom. The SMILES string of the molecule is CC(CO)C(C)NCc1cccc(Br)c1O. The van der Waals surface area contributed by atoms with Gasteiger partial charge in [-0.3, -0.25) is 0 Å². The molecule has 0 bridgehead atoms. The van der Waals surface area contributed by atoms with Crippen molar-refractivity contribution in [1.29, 1.82) is 0 Å². The van der Waals surface area contributed by atoms with Gasteiger partial charge in [-0.25, -0.2) is 0 Å². The van der Waals surface area contributed by atoms with Crippen molar-refractivity contribution in [2.75, 3.05) is 6.61 Å².